The lowest BCUT2D eigenvalue weighted by Gasteiger charge is -2.09. The van der Waals surface area contributed by atoms with Gasteiger partial charge in [-0.2, -0.15) is 0 Å². The minimum Gasteiger partial charge on any atom is -0.329 e. The van der Waals surface area contributed by atoms with Gasteiger partial charge in [0, 0.05) is 33.2 Å². The highest BCUT2D eigenvalue weighted by atomic mass is 79.9. The van der Waals surface area contributed by atoms with Crippen LogP contribution >= 0.6 is 27.3 Å². The number of thiophene rings is 1. The lowest BCUT2D eigenvalue weighted by molar-refractivity contribution is 0.555. The van der Waals surface area contributed by atoms with E-state index < -0.39 is 0 Å². The van der Waals surface area contributed by atoms with Gasteiger partial charge < -0.3 is 9.88 Å². The minimum absolute atomic E-state index is 0.482. The van der Waals surface area contributed by atoms with E-state index in [4.69, 9.17) is 0 Å². The average molecular weight is 314 g/mol. The summed E-state index contributed by atoms with van der Waals surface area (Å²) in [7, 11) is 0. The zero-order chi connectivity index (χ0) is 12.3. The van der Waals surface area contributed by atoms with Crippen LogP contribution in [0, 0.1) is 0 Å². The molecule has 0 unspecified atom stereocenters. The van der Waals surface area contributed by atoms with Crippen LogP contribution in [0.5, 0.6) is 0 Å². The Balaban J connectivity index is 2.03. The van der Waals surface area contributed by atoms with Gasteiger partial charge in [-0.15, -0.1) is 11.3 Å². The molecule has 1 N–H and O–H groups in total. The van der Waals surface area contributed by atoms with E-state index >= 15 is 0 Å². The fourth-order valence-corrected chi connectivity index (χ4v) is 3.00. The summed E-state index contributed by atoms with van der Waals surface area (Å²) in [6.45, 7) is 6.00. The number of hydrogen-bond donors (Lipinski definition) is 1. The fourth-order valence-electron chi connectivity index (χ4n) is 1.55. The van der Waals surface area contributed by atoms with E-state index in [9.17, 15) is 0 Å². The second-order valence-electron chi connectivity index (χ2n) is 4.24. The number of hydrogen-bond acceptors (Lipinski definition) is 3. The van der Waals surface area contributed by atoms with Gasteiger partial charge in [0.1, 0.15) is 5.82 Å². The topological polar surface area (TPSA) is 29.9 Å². The predicted octanol–water partition coefficient (Wildman–Crippen LogP) is 3.25. The maximum atomic E-state index is 4.38. The molecular weight excluding hydrogens is 298 g/mol. The second-order valence-corrected chi connectivity index (χ2v) is 6.15. The summed E-state index contributed by atoms with van der Waals surface area (Å²) in [5.74, 6) is 1.09. The standard InChI is InChI=1S/C12H16BrN3S/c1-9(2)15-6-12-14-3-4-16(12)7-11-5-10(13)8-17-11/h3-5,8-9,15H,6-7H2,1-2H3. The Kier molecular flexibility index (Phi) is 4.36. The summed E-state index contributed by atoms with van der Waals surface area (Å²) >= 11 is 5.24. The van der Waals surface area contributed by atoms with Crippen molar-refractivity contribution >= 4 is 27.3 Å². The highest BCUT2D eigenvalue weighted by Crippen LogP contribution is 2.20. The Bertz CT molecular complexity index is 476. The summed E-state index contributed by atoms with van der Waals surface area (Å²) in [6.07, 6.45) is 3.89. The van der Waals surface area contributed by atoms with E-state index in [-0.39, 0.29) is 0 Å². The molecule has 0 aliphatic heterocycles. The van der Waals surface area contributed by atoms with Crippen molar-refractivity contribution in [2.75, 3.05) is 0 Å². The molecule has 0 radical (unpaired) electrons. The molecule has 0 atom stereocenters. The largest absolute Gasteiger partial charge is 0.329 e. The van der Waals surface area contributed by atoms with Crippen LogP contribution in [-0.4, -0.2) is 15.6 Å². The minimum atomic E-state index is 0.482. The maximum absolute atomic E-state index is 4.38. The number of imidazole rings is 1. The van der Waals surface area contributed by atoms with Gasteiger partial charge in [-0.05, 0) is 22.0 Å². The molecule has 3 nitrogen and oxygen atoms in total. The summed E-state index contributed by atoms with van der Waals surface area (Å²) in [5.41, 5.74) is 0. The van der Waals surface area contributed by atoms with Gasteiger partial charge in [0.15, 0.2) is 0 Å². The quantitative estimate of drug-likeness (QED) is 0.918. The lowest BCUT2D eigenvalue weighted by atomic mass is 10.4. The Morgan fingerprint density at radius 1 is 1.53 bits per heavy atom. The first-order chi connectivity index (χ1) is 8.15. The molecule has 0 aliphatic carbocycles. The van der Waals surface area contributed by atoms with E-state index in [2.05, 4.69) is 56.1 Å². The van der Waals surface area contributed by atoms with Crippen molar-refractivity contribution in [2.24, 2.45) is 0 Å². The van der Waals surface area contributed by atoms with Gasteiger partial charge in [0.05, 0.1) is 13.1 Å². The number of halogens is 1. The average Bonchev–Trinajstić information content (AvgIpc) is 2.86. The van der Waals surface area contributed by atoms with Crippen molar-refractivity contribution in [1.29, 1.82) is 0 Å². The molecule has 0 fully saturated rings. The monoisotopic (exact) mass is 313 g/mol. The van der Waals surface area contributed by atoms with Crippen LogP contribution in [-0.2, 0) is 13.1 Å². The summed E-state index contributed by atoms with van der Waals surface area (Å²) in [5, 5.41) is 5.50. The van der Waals surface area contributed by atoms with Crippen molar-refractivity contribution < 1.29 is 0 Å². The van der Waals surface area contributed by atoms with Crippen molar-refractivity contribution in [1.82, 2.24) is 14.9 Å². The van der Waals surface area contributed by atoms with Crippen LogP contribution in [0.25, 0.3) is 0 Å². The number of aromatic nitrogens is 2. The maximum Gasteiger partial charge on any atom is 0.122 e. The molecule has 17 heavy (non-hydrogen) atoms. The third kappa shape index (κ3) is 3.66. The third-order valence-electron chi connectivity index (χ3n) is 2.42. The van der Waals surface area contributed by atoms with Crippen LogP contribution in [0.1, 0.15) is 24.5 Å². The molecule has 0 saturated carbocycles. The number of nitrogens with one attached hydrogen (secondary N) is 1. The molecule has 0 saturated heterocycles. The molecule has 2 aromatic rings. The molecule has 0 aromatic carbocycles. The zero-order valence-electron chi connectivity index (χ0n) is 9.98. The molecule has 92 valence electrons. The first-order valence-electron chi connectivity index (χ1n) is 5.61. The fraction of sp³-hybridized carbons (Fsp3) is 0.417. The molecule has 2 rings (SSSR count). The zero-order valence-corrected chi connectivity index (χ0v) is 12.4. The predicted molar refractivity (Wildman–Crippen MR) is 75.3 cm³/mol. The Morgan fingerprint density at radius 2 is 2.35 bits per heavy atom. The molecule has 0 amide bonds. The second kappa shape index (κ2) is 5.80. The lowest BCUT2D eigenvalue weighted by Crippen LogP contribution is -2.24. The van der Waals surface area contributed by atoms with Gasteiger partial charge >= 0.3 is 0 Å². The van der Waals surface area contributed by atoms with Crippen LogP contribution in [0.3, 0.4) is 0 Å². The van der Waals surface area contributed by atoms with Crippen LogP contribution in [0.2, 0.25) is 0 Å². The Labute approximate surface area is 114 Å². The Hall–Kier alpha value is -0.650. The molecule has 5 heteroatoms. The van der Waals surface area contributed by atoms with E-state index in [0.717, 1.165) is 23.4 Å². The van der Waals surface area contributed by atoms with Gasteiger partial charge in [-0.3, -0.25) is 0 Å². The SMILES string of the molecule is CC(C)NCc1nccn1Cc1cc(Br)cs1. The van der Waals surface area contributed by atoms with Crippen LogP contribution in [0.4, 0.5) is 0 Å². The van der Waals surface area contributed by atoms with Gasteiger partial charge in [-0.1, -0.05) is 13.8 Å². The molecule has 0 spiro atoms. The Morgan fingerprint density at radius 3 is 3.00 bits per heavy atom. The van der Waals surface area contributed by atoms with Crippen molar-refractivity contribution in [3.8, 4) is 0 Å². The van der Waals surface area contributed by atoms with E-state index in [1.807, 2.05) is 12.4 Å². The van der Waals surface area contributed by atoms with E-state index in [0.29, 0.717) is 6.04 Å². The van der Waals surface area contributed by atoms with Crippen molar-refractivity contribution in [3.63, 3.8) is 0 Å². The summed E-state index contributed by atoms with van der Waals surface area (Å²) in [4.78, 5) is 5.72. The first-order valence-corrected chi connectivity index (χ1v) is 7.28. The molecule has 0 bridgehead atoms. The number of nitrogens with zero attached hydrogens (tertiary/aromatic N) is 2. The molecule has 2 heterocycles. The van der Waals surface area contributed by atoms with Gasteiger partial charge in [0.25, 0.3) is 0 Å². The van der Waals surface area contributed by atoms with Gasteiger partial charge in [-0.25, -0.2) is 4.98 Å². The van der Waals surface area contributed by atoms with E-state index in [1.165, 1.54) is 4.88 Å². The number of rotatable bonds is 5. The summed E-state index contributed by atoms with van der Waals surface area (Å²) in [6, 6.07) is 2.64. The molecule has 2 aromatic heterocycles. The first kappa shape index (κ1) is 12.8. The normalized spacial score (nSPS) is 11.3. The van der Waals surface area contributed by atoms with Crippen molar-refractivity contribution in [3.05, 3.63) is 39.0 Å². The van der Waals surface area contributed by atoms with E-state index in [1.54, 1.807) is 11.3 Å². The smallest absolute Gasteiger partial charge is 0.122 e. The van der Waals surface area contributed by atoms with Crippen LogP contribution < -0.4 is 5.32 Å². The van der Waals surface area contributed by atoms with Crippen LogP contribution in [0.15, 0.2) is 28.3 Å². The summed E-state index contributed by atoms with van der Waals surface area (Å²) < 4.78 is 3.34. The molecule has 0 aliphatic rings. The third-order valence-corrected chi connectivity index (χ3v) is 4.10. The van der Waals surface area contributed by atoms with Gasteiger partial charge in [0.2, 0.25) is 0 Å². The highest BCUT2D eigenvalue weighted by molar-refractivity contribution is 9.10. The molecular formula is C12H16BrN3S. The highest BCUT2D eigenvalue weighted by Gasteiger charge is 2.05. The van der Waals surface area contributed by atoms with Crippen molar-refractivity contribution in [2.45, 2.75) is 33.0 Å².